The molecule has 1 aliphatic rings. The number of benzene rings is 2. The van der Waals surface area contributed by atoms with E-state index in [9.17, 15) is 18.0 Å². The topological polar surface area (TPSA) is 68.0 Å². The van der Waals surface area contributed by atoms with Crippen molar-refractivity contribution in [1.29, 1.82) is 0 Å². The van der Waals surface area contributed by atoms with Gasteiger partial charge in [-0.05, 0) is 36.4 Å². The molecule has 2 N–H and O–H groups in total. The number of nitrogens with one attached hydrogen (secondary N) is 2. The normalized spacial score (nSPS) is 14.6. The Morgan fingerprint density at radius 1 is 0.852 bits per heavy atom. The monoisotopic (exact) mass is 375 g/mol. The van der Waals surface area contributed by atoms with Gasteiger partial charge in [0.05, 0.1) is 5.69 Å². The van der Waals surface area contributed by atoms with Crippen LogP contribution >= 0.6 is 0 Å². The van der Waals surface area contributed by atoms with Crippen molar-refractivity contribution in [2.75, 3.05) is 36.0 Å². The highest BCUT2D eigenvalue weighted by Crippen LogP contribution is 2.26. The minimum absolute atomic E-state index is 0.0754. The van der Waals surface area contributed by atoms with Gasteiger partial charge in [-0.25, -0.2) is 23.1 Å². The van der Waals surface area contributed by atoms with E-state index in [0.29, 0.717) is 32.0 Å². The molecule has 1 aliphatic heterocycles. The smallest absolute Gasteiger partial charge is 0.340 e. The summed E-state index contributed by atoms with van der Waals surface area (Å²) < 4.78 is 40.5. The molecule has 6 nitrogen and oxygen atoms in total. The Kier molecular flexibility index (Phi) is 4.35. The number of hydrogen-bond donors (Lipinski definition) is 2. The molecule has 3 aromatic rings. The number of nitrogens with zero attached hydrogens (tertiary/aromatic N) is 3. The fourth-order valence-corrected chi connectivity index (χ4v) is 3.20. The second kappa shape index (κ2) is 6.82. The molecule has 2 heterocycles. The molecule has 4 rings (SSSR count). The summed E-state index contributed by atoms with van der Waals surface area (Å²) in [5.41, 5.74) is 1.46. The number of aromatic amines is 2. The summed E-state index contributed by atoms with van der Waals surface area (Å²) in [6.07, 6.45) is 0. The van der Waals surface area contributed by atoms with Gasteiger partial charge in [-0.3, -0.25) is 4.98 Å². The van der Waals surface area contributed by atoms with Gasteiger partial charge in [-0.15, -0.1) is 0 Å². The molecule has 0 spiro atoms. The summed E-state index contributed by atoms with van der Waals surface area (Å²) >= 11 is 0. The van der Waals surface area contributed by atoms with Gasteiger partial charge in [-0.2, -0.15) is 5.10 Å². The lowest BCUT2D eigenvalue weighted by Gasteiger charge is -2.37. The first kappa shape index (κ1) is 17.2. The van der Waals surface area contributed by atoms with Crippen LogP contribution in [0.5, 0.6) is 0 Å². The first-order valence-electron chi connectivity index (χ1n) is 8.41. The van der Waals surface area contributed by atoms with Crippen LogP contribution in [-0.2, 0) is 0 Å². The predicted octanol–water partition coefficient (Wildman–Crippen LogP) is 2.51. The fourth-order valence-electron chi connectivity index (χ4n) is 3.20. The number of aromatic nitrogens is 3. The van der Waals surface area contributed by atoms with Gasteiger partial charge in [0.1, 0.15) is 0 Å². The molecule has 0 radical (unpaired) electrons. The predicted molar refractivity (Wildman–Crippen MR) is 95.4 cm³/mol. The average Bonchev–Trinajstić information content (AvgIpc) is 3.13. The fraction of sp³-hybridized carbons (Fsp3) is 0.222. The van der Waals surface area contributed by atoms with E-state index in [2.05, 4.69) is 20.1 Å². The van der Waals surface area contributed by atoms with Crippen LogP contribution in [0.2, 0.25) is 0 Å². The molecule has 27 heavy (non-hydrogen) atoms. The van der Waals surface area contributed by atoms with Gasteiger partial charge in [0.2, 0.25) is 0 Å². The van der Waals surface area contributed by atoms with E-state index in [0.717, 1.165) is 17.3 Å². The lowest BCUT2D eigenvalue weighted by Crippen LogP contribution is -2.46. The first-order chi connectivity index (χ1) is 13.0. The van der Waals surface area contributed by atoms with Gasteiger partial charge < -0.3 is 9.80 Å². The highest BCUT2D eigenvalue weighted by atomic mass is 19.2. The number of hydrogen-bond acceptors (Lipinski definition) is 4. The van der Waals surface area contributed by atoms with Crippen molar-refractivity contribution in [3.05, 3.63) is 64.3 Å². The SMILES string of the molecule is O=c1[nH]nc(-c2ccc(N3CCN(c4ccc(F)c(F)c4F)CC3)cc2)[nH]1. The lowest BCUT2D eigenvalue weighted by atomic mass is 10.1. The van der Waals surface area contributed by atoms with Crippen molar-refractivity contribution in [3.8, 4) is 11.4 Å². The van der Waals surface area contributed by atoms with Crippen molar-refractivity contribution in [3.63, 3.8) is 0 Å². The van der Waals surface area contributed by atoms with Gasteiger partial charge in [-0.1, -0.05) is 0 Å². The Labute approximate surface area is 152 Å². The Balaban J connectivity index is 1.45. The van der Waals surface area contributed by atoms with Crippen LogP contribution in [0, 0.1) is 17.5 Å². The molecule has 1 fully saturated rings. The van der Waals surface area contributed by atoms with E-state index in [1.165, 1.54) is 6.07 Å². The van der Waals surface area contributed by atoms with Crippen LogP contribution in [0.1, 0.15) is 0 Å². The summed E-state index contributed by atoms with van der Waals surface area (Å²) in [7, 11) is 0. The molecule has 0 amide bonds. The molecule has 0 aliphatic carbocycles. The maximum absolute atomic E-state index is 14.0. The van der Waals surface area contributed by atoms with Crippen LogP contribution in [0.4, 0.5) is 24.5 Å². The number of halogens is 3. The zero-order valence-electron chi connectivity index (χ0n) is 14.2. The Morgan fingerprint density at radius 2 is 1.52 bits per heavy atom. The highest BCUT2D eigenvalue weighted by Gasteiger charge is 2.22. The standard InChI is InChI=1S/C18H16F3N5O/c19-13-5-6-14(16(21)15(13)20)26-9-7-25(8-10-26)12-3-1-11(2-4-12)17-22-18(27)24-23-17/h1-6H,7-10H2,(H2,22,23,24,27). The third kappa shape index (κ3) is 3.27. The zero-order chi connectivity index (χ0) is 19.0. The molecule has 0 unspecified atom stereocenters. The number of anilines is 2. The second-order valence-corrected chi connectivity index (χ2v) is 6.24. The number of piperazine rings is 1. The third-order valence-electron chi connectivity index (χ3n) is 4.64. The molecule has 2 aromatic carbocycles. The van der Waals surface area contributed by atoms with Gasteiger partial charge in [0.25, 0.3) is 0 Å². The molecule has 9 heteroatoms. The Bertz CT molecular complexity index is 1010. The third-order valence-corrected chi connectivity index (χ3v) is 4.64. The van der Waals surface area contributed by atoms with Crippen LogP contribution in [0.25, 0.3) is 11.4 Å². The van der Waals surface area contributed by atoms with Crippen LogP contribution in [-0.4, -0.2) is 41.4 Å². The second-order valence-electron chi connectivity index (χ2n) is 6.24. The van der Waals surface area contributed by atoms with E-state index >= 15 is 0 Å². The minimum atomic E-state index is -1.44. The van der Waals surface area contributed by atoms with Crippen molar-refractivity contribution in [2.45, 2.75) is 0 Å². The van der Waals surface area contributed by atoms with E-state index < -0.39 is 17.5 Å². The summed E-state index contributed by atoms with van der Waals surface area (Å²) in [5.74, 6) is -3.32. The maximum atomic E-state index is 14.0. The van der Waals surface area contributed by atoms with Crippen molar-refractivity contribution in [1.82, 2.24) is 15.2 Å². The van der Waals surface area contributed by atoms with Crippen molar-refractivity contribution < 1.29 is 13.2 Å². The molecule has 1 aromatic heterocycles. The maximum Gasteiger partial charge on any atom is 0.340 e. The molecular weight excluding hydrogens is 359 g/mol. The van der Waals surface area contributed by atoms with Crippen molar-refractivity contribution in [2.24, 2.45) is 0 Å². The largest absolute Gasteiger partial charge is 0.368 e. The average molecular weight is 375 g/mol. The van der Waals surface area contributed by atoms with E-state index in [-0.39, 0.29) is 11.4 Å². The number of rotatable bonds is 3. The zero-order valence-corrected chi connectivity index (χ0v) is 14.2. The molecule has 140 valence electrons. The number of H-pyrrole nitrogens is 2. The van der Waals surface area contributed by atoms with Crippen molar-refractivity contribution >= 4 is 11.4 Å². The van der Waals surface area contributed by atoms with Crippen LogP contribution < -0.4 is 15.5 Å². The molecule has 0 bridgehead atoms. The van der Waals surface area contributed by atoms with Crippen LogP contribution in [0.3, 0.4) is 0 Å². The molecule has 0 saturated carbocycles. The Morgan fingerprint density at radius 3 is 2.15 bits per heavy atom. The lowest BCUT2D eigenvalue weighted by molar-refractivity contribution is 0.445. The highest BCUT2D eigenvalue weighted by molar-refractivity contribution is 5.60. The van der Waals surface area contributed by atoms with E-state index in [1.54, 1.807) is 4.90 Å². The van der Waals surface area contributed by atoms with Gasteiger partial charge >= 0.3 is 5.69 Å². The molecule has 1 saturated heterocycles. The summed E-state index contributed by atoms with van der Waals surface area (Å²) in [4.78, 5) is 17.5. The summed E-state index contributed by atoms with van der Waals surface area (Å²) in [6, 6.07) is 9.74. The first-order valence-corrected chi connectivity index (χ1v) is 8.41. The molecular formula is C18H16F3N5O. The van der Waals surface area contributed by atoms with E-state index in [4.69, 9.17) is 0 Å². The van der Waals surface area contributed by atoms with Gasteiger partial charge in [0, 0.05) is 37.4 Å². The Hall–Kier alpha value is -3.23. The van der Waals surface area contributed by atoms with Gasteiger partial charge in [0.15, 0.2) is 23.3 Å². The minimum Gasteiger partial charge on any atom is -0.368 e. The summed E-state index contributed by atoms with van der Waals surface area (Å²) in [6.45, 7) is 2.18. The quantitative estimate of drug-likeness (QED) is 0.691. The van der Waals surface area contributed by atoms with E-state index in [1.807, 2.05) is 24.3 Å². The summed E-state index contributed by atoms with van der Waals surface area (Å²) in [5, 5.41) is 6.21. The molecule has 0 atom stereocenters. The van der Waals surface area contributed by atoms with Crippen LogP contribution in [0.15, 0.2) is 41.2 Å².